The maximum absolute atomic E-state index is 12.8. The molecule has 30 heavy (non-hydrogen) atoms. The zero-order chi connectivity index (χ0) is 21.3. The van der Waals surface area contributed by atoms with Crippen molar-refractivity contribution in [1.29, 1.82) is 0 Å². The number of aromatic amines is 1. The average molecular weight is 405 g/mol. The van der Waals surface area contributed by atoms with Gasteiger partial charge < -0.3 is 20.2 Å². The lowest BCUT2D eigenvalue weighted by atomic mass is 10.2. The van der Waals surface area contributed by atoms with Crippen molar-refractivity contribution in [2.45, 2.75) is 6.92 Å². The number of nitrogens with one attached hydrogen (secondary N) is 1. The lowest BCUT2D eigenvalue weighted by Gasteiger charge is -2.10. The van der Waals surface area contributed by atoms with E-state index in [1.54, 1.807) is 42.5 Å². The van der Waals surface area contributed by atoms with E-state index in [1.165, 1.54) is 11.7 Å². The molecule has 0 aliphatic carbocycles. The molecule has 0 aliphatic rings. The molecule has 2 aromatic carbocycles. The van der Waals surface area contributed by atoms with Gasteiger partial charge in [-0.15, -0.1) is 0 Å². The average Bonchev–Trinajstić information content (AvgIpc) is 3.08. The Morgan fingerprint density at radius 2 is 1.97 bits per heavy atom. The van der Waals surface area contributed by atoms with Crippen LogP contribution in [-0.2, 0) is 0 Å². The highest BCUT2D eigenvalue weighted by molar-refractivity contribution is 6.02. The molecule has 0 aliphatic heterocycles. The van der Waals surface area contributed by atoms with Crippen LogP contribution >= 0.6 is 0 Å². The van der Waals surface area contributed by atoms with E-state index in [0.29, 0.717) is 29.4 Å². The SMILES string of the molecule is CCOc1cccc(-c2nc(C(N)=O)c3[nH]c(=O)n(-c4ccccc4OC)c3n2)c1. The summed E-state index contributed by atoms with van der Waals surface area (Å²) in [6, 6.07) is 14.1. The lowest BCUT2D eigenvalue weighted by Crippen LogP contribution is -2.16. The molecule has 2 heterocycles. The van der Waals surface area contributed by atoms with Crippen molar-refractivity contribution >= 4 is 17.1 Å². The molecule has 9 nitrogen and oxygen atoms in total. The third kappa shape index (κ3) is 3.26. The van der Waals surface area contributed by atoms with Gasteiger partial charge in [0.2, 0.25) is 0 Å². The van der Waals surface area contributed by atoms with Gasteiger partial charge in [-0.3, -0.25) is 4.79 Å². The molecule has 9 heteroatoms. The maximum atomic E-state index is 12.8. The molecule has 0 spiro atoms. The smallest absolute Gasteiger partial charge is 0.332 e. The summed E-state index contributed by atoms with van der Waals surface area (Å²) >= 11 is 0. The number of imidazole rings is 1. The molecule has 0 saturated heterocycles. The van der Waals surface area contributed by atoms with Gasteiger partial charge in [0.1, 0.15) is 17.0 Å². The summed E-state index contributed by atoms with van der Waals surface area (Å²) in [5.41, 5.74) is 6.43. The Bertz CT molecular complexity index is 1310. The van der Waals surface area contributed by atoms with Crippen molar-refractivity contribution < 1.29 is 14.3 Å². The standard InChI is InChI=1S/C21H19N5O4/c1-3-30-13-8-6-7-12(11-13)19-23-16(18(22)27)17-20(25-19)26(21(28)24-17)14-9-4-5-10-15(14)29-2/h4-11H,3H2,1-2H3,(H2,22,27)(H,24,28). The third-order valence-corrected chi connectivity index (χ3v) is 4.50. The van der Waals surface area contributed by atoms with E-state index in [0.717, 1.165) is 0 Å². The minimum absolute atomic E-state index is 0.0810. The topological polar surface area (TPSA) is 125 Å². The highest BCUT2D eigenvalue weighted by Gasteiger charge is 2.21. The van der Waals surface area contributed by atoms with E-state index in [1.807, 2.05) is 13.0 Å². The van der Waals surface area contributed by atoms with Gasteiger partial charge in [-0.1, -0.05) is 24.3 Å². The van der Waals surface area contributed by atoms with E-state index in [2.05, 4.69) is 15.0 Å². The van der Waals surface area contributed by atoms with Gasteiger partial charge >= 0.3 is 5.69 Å². The molecule has 3 N–H and O–H groups in total. The van der Waals surface area contributed by atoms with Crippen LogP contribution in [-0.4, -0.2) is 39.1 Å². The Morgan fingerprint density at radius 1 is 1.17 bits per heavy atom. The summed E-state index contributed by atoms with van der Waals surface area (Å²) in [5, 5.41) is 0. The van der Waals surface area contributed by atoms with E-state index < -0.39 is 11.6 Å². The number of aromatic nitrogens is 4. The van der Waals surface area contributed by atoms with Crippen LogP contribution in [0.15, 0.2) is 53.3 Å². The van der Waals surface area contributed by atoms with Gasteiger partial charge in [0, 0.05) is 5.56 Å². The van der Waals surface area contributed by atoms with Crippen LogP contribution < -0.4 is 20.9 Å². The van der Waals surface area contributed by atoms with Gasteiger partial charge in [0.05, 0.1) is 19.4 Å². The van der Waals surface area contributed by atoms with Gasteiger partial charge in [-0.2, -0.15) is 0 Å². The molecule has 2 aromatic heterocycles. The summed E-state index contributed by atoms with van der Waals surface area (Å²) in [6.45, 7) is 2.38. The van der Waals surface area contributed by atoms with Crippen LogP contribution in [0.5, 0.6) is 11.5 Å². The quantitative estimate of drug-likeness (QED) is 0.507. The Labute approximate surface area is 171 Å². The second-order valence-corrected chi connectivity index (χ2v) is 6.36. The third-order valence-electron chi connectivity index (χ3n) is 4.50. The lowest BCUT2D eigenvalue weighted by molar-refractivity contribution is 0.0997. The van der Waals surface area contributed by atoms with Crippen LogP contribution in [0.1, 0.15) is 17.4 Å². The Morgan fingerprint density at radius 3 is 2.70 bits per heavy atom. The number of para-hydroxylation sites is 2. The predicted octanol–water partition coefficient (Wildman–Crippen LogP) is 2.28. The fourth-order valence-corrected chi connectivity index (χ4v) is 3.22. The number of amides is 1. The molecule has 4 rings (SSSR count). The number of primary amides is 1. The van der Waals surface area contributed by atoms with Gasteiger partial charge in [0.25, 0.3) is 5.91 Å². The van der Waals surface area contributed by atoms with E-state index in [9.17, 15) is 9.59 Å². The molecule has 152 valence electrons. The first kappa shape index (κ1) is 19.2. The molecular weight excluding hydrogens is 386 g/mol. The molecule has 4 aromatic rings. The number of benzene rings is 2. The van der Waals surface area contributed by atoms with Crippen LogP contribution in [0.4, 0.5) is 0 Å². The van der Waals surface area contributed by atoms with Crippen molar-refractivity contribution in [2.75, 3.05) is 13.7 Å². The van der Waals surface area contributed by atoms with Crippen molar-refractivity contribution in [3.63, 3.8) is 0 Å². The molecular formula is C21H19N5O4. The second kappa shape index (κ2) is 7.70. The molecule has 1 amide bonds. The summed E-state index contributed by atoms with van der Waals surface area (Å²) in [4.78, 5) is 36.4. The first-order valence-corrected chi connectivity index (χ1v) is 9.22. The zero-order valence-electron chi connectivity index (χ0n) is 16.4. The van der Waals surface area contributed by atoms with Crippen molar-refractivity contribution in [3.05, 3.63) is 64.7 Å². The fraction of sp³-hybridized carbons (Fsp3) is 0.143. The number of fused-ring (bicyclic) bond motifs is 1. The number of hydrogen-bond donors (Lipinski definition) is 2. The summed E-state index contributed by atoms with van der Waals surface area (Å²) < 4.78 is 12.3. The monoisotopic (exact) mass is 405 g/mol. The first-order chi connectivity index (χ1) is 14.5. The van der Waals surface area contributed by atoms with Gasteiger partial charge in [-0.05, 0) is 31.2 Å². The van der Waals surface area contributed by atoms with E-state index in [-0.39, 0.29) is 22.7 Å². The van der Waals surface area contributed by atoms with Crippen molar-refractivity contribution in [1.82, 2.24) is 19.5 Å². The number of rotatable bonds is 6. The highest BCUT2D eigenvalue weighted by Crippen LogP contribution is 2.27. The minimum Gasteiger partial charge on any atom is -0.495 e. The number of ether oxygens (including phenoxy) is 2. The Hall–Kier alpha value is -4.14. The summed E-state index contributed by atoms with van der Waals surface area (Å²) in [6.07, 6.45) is 0. The number of H-pyrrole nitrogens is 1. The minimum atomic E-state index is -0.780. The molecule has 0 bridgehead atoms. The molecule has 0 saturated carbocycles. The molecule has 0 atom stereocenters. The number of hydrogen-bond acceptors (Lipinski definition) is 6. The normalized spacial score (nSPS) is 10.9. The van der Waals surface area contributed by atoms with Crippen LogP contribution in [0, 0.1) is 0 Å². The molecule has 0 unspecified atom stereocenters. The van der Waals surface area contributed by atoms with Crippen molar-refractivity contribution in [2.24, 2.45) is 5.73 Å². The van der Waals surface area contributed by atoms with Gasteiger partial charge in [0.15, 0.2) is 17.2 Å². The number of nitrogens with zero attached hydrogens (tertiary/aromatic N) is 3. The van der Waals surface area contributed by atoms with Gasteiger partial charge in [-0.25, -0.2) is 19.3 Å². The highest BCUT2D eigenvalue weighted by atomic mass is 16.5. The summed E-state index contributed by atoms with van der Waals surface area (Å²) in [5.74, 6) is 0.564. The molecule has 0 fully saturated rings. The van der Waals surface area contributed by atoms with E-state index >= 15 is 0 Å². The molecule has 0 radical (unpaired) electrons. The van der Waals surface area contributed by atoms with Crippen LogP contribution in [0.25, 0.3) is 28.2 Å². The Balaban J connectivity index is 2.02. The van der Waals surface area contributed by atoms with Crippen LogP contribution in [0.3, 0.4) is 0 Å². The summed E-state index contributed by atoms with van der Waals surface area (Å²) in [7, 11) is 1.51. The zero-order valence-corrected chi connectivity index (χ0v) is 16.4. The largest absolute Gasteiger partial charge is 0.495 e. The number of nitrogens with two attached hydrogens (primary N) is 1. The van der Waals surface area contributed by atoms with Crippen molar-refractivity contribution in [3.8, 4) is 28.6 Å². The maximum Gasteiger partial charge on any atom is 0.332 e. The fourth-order valence-electron chi connectivity index (χ4n) is 3.22. The second-order valence-electron chi connectivity index (χ2n) is 6.36. The number of methoxy groups -OCH3 is 1. The first-order valence-electron chi connectivity index (χ1n) is 9.22. The number of carbonyl (C=O) groups is 1. The Kier molecular flexibility index (Phi) is 4.93. The van der Waals surface area contributed by atoms with E-state index in [4.69, 9.17) is 15.2 Å². The number of carbonyl (C=O) groups excluding carboxylic acids is 1. The predicted molar refractivity (Wildman–Crippen MR) is 111 cm³/mol. The van der Waals surface area contributed by atoms with Crippen LogP contribution in [0.2, 0.25) is 0 Å².